The van der Waals surface area contributed by atoms with E-state index in [4.69, 9.17) is 0 Å². The largest absolute Gasteiger partial charge is 0.355 e. The number of aromatic nitrogens is 1. The average Bonchev–Trinajstić information content (AvgIpc) is 3.02. The van der Waals surface area contributed by atoms with Gasteiger partial charge in [-0.25, -0.2) is 0 Å². The first-order valence-corrected chi connectivity index (χ1v) is 8.29. The van der Waals surface area contributed by atoms with Crippen LogP contribution in [0.2, 0.25) is 0 Å². The molecule has 24 heavy (non-hydrogen) atoms. The van der Waals surface area contributed by atoms with Crippen LogP contribution in [0.25, 0.3) is 0 Å². The highest BCUT2D eigenvalue weighted by atomic mass is 16.2. The third-order valence-electron chi connectivity index (χ3n) is 4.28. The van der Waals surface area contributed by atoms with Gasteiger partial charge in [-0.3, -0.25) is 14.6 Å². The Morgan fingerprint density at radius 3 is 2.67 bits per heavy atom. The maximum Gasteiger partial charge on any atom is 0.239 e. The summed E-state index contributed by atoms with van der Waals surface area (Å²) in [7, 11) is 0. The number of benzene rings is 1. The van der Waals surface area contributed by atoms with Crippen molar-refractivity contribution < 1.29 is 9.59 Å². The van der Waals surface area contributed by atoms with E-state index >= 15 is 0 Å². The summed E-state index contributed by atoms with van der Waals surface area (Å²) in [5.41, 5.74) is 2.06. The molecule has 2 amide bonds. The minimum Gasteiger partial charge on any atom is -0.355 e. The van der Waals surface area contributed by atoms with Crippen molar-refractivity contribution in [1.82, 2.24) is 10.3 Å². The quantitative estimate of drug-likeness (QED) is 0.655. The number of nitrogens with zero attached hydrogens (tertiary/aromatic N) is 2. The summed E-state index contributed by atoms with van der Waals surface area (Å²) in [5.74, 6) is -0.827. The summed E-state index contributed by atoms with van der Waals surface area (Å²) in [5, 5.41) is 2.90. The van der Waals surface area contributed by atoms with Crippen LogP contribution in [0.4, 0.5) is 5.69 Å². The van der Waals surface area contributed by atoms with E-state index in [9.17, 15) is 9.59 Å². The molecule has 1 aliphatic heterocycles. The lowest BCUT2D eigenvalue weighted by molar-refractivity contribution is -0.132. The number of hydrogen-bond donors (Lipinski definition) is 1. The second-order valence-electron chi connectivity index (χ2n) is 5.92. The van der Waals surface area contributed by atoms with Crippen molar-refractivity contribution in [2.45, 2.75) is 19.3 Å². The van der Waals surface area contributed by atoms with Crippen molar-refractivity contribution in [3.8, 4) is 0 Å². The molecule has 0 radical (unpaired) electrons. The summed E-state index contributed by atoms with van der Waals surface area (Å²) >= 11 is 0. The smallest absolute Gasteiger partial charge is 0.239 e. The van der Waals surface area contributed by atoms with E-state index in [1.807, 2.05) is 42.5 Å². The van der Waals surface area contributed by atoms with Crippen LogP contribution in [0, 0.1) is 5.92 Å². The van der Waals surface area contributed by atoms with Crippen molar-refractivity contribution in [2.24, 2.45) is 5.92 Å². The second kappa shape index (κ2) is 7.73. The average molecular weight is 323 g/mol. The molecule has 0 saturated carbocycles. The van der Waals surface area contributed by atoms with Crippen LogP contribution in [0.3, 0.4) is 0 Å². The van der Waals surface area contributed by atoms with Crippen molar-refractivity contribution in [3.05, 3.63) is 60.4 Å². The minimum atomic E-state index is -0.564. The van der Waals surface area contributed by atoms with E-state index in [0.29, 0.717) is 19.5 Å². The fourth-order valence-electron chi connectivity index (χ4n) is 2.96. The molecule has 1 aromatic carbocycles. The fourth-order valence-corrected chi connectivity index (χ4v) is 2.96. The molecule has 1 aliphatic rings. The highest BCUT2D eigenvalue weighted by Gasteiger charge is 2.37. The van der Waals surface area contributed by atoms with Gasteiger partial charge in [-0.2, -0.15) is 0 Å². The summed E-state index contributed by atoms with van der Waals surface area (Å²) in [6.45, 7) is 1.17. The fraction of sp³-hybridized carbons (Fsp3) is 0.316. The molecule has 2 aromatic rings. The number of carbonyl (C=O) groups excluding carboxylic acids is 2. The maximum absolute atomic E-state index is 12.5. The zero-order valence-electron chi connectivity index (χ0n) is 13.5. The van der Waals surface area contributed by atoms with Crippen LogP contribution >= 0.6 is 0 Å². The van der Waals surface area contributed by atoms with Crippen molar-refractivity contribution in [3.63, 3.8) is 0 Å². The Morgan fingerprint density at radius 1 is 1.17 bits per heavy atom. The lowest BCUT2D eigenvalue weighted by Crippen LogP contribution is -2.37. The normalized spacial score (nSPS) is 17.1. The minimum absolute atomic E-state index is 0.104. The van der Waals surface area contributed by atoms with Gasteiger partial charge < -0.3 is 10.2 Å². The molecular formula is C19H21N3O2. The topological polar surface area (TPSA) is 62.3 Å². The molecule has 124 valence electrons. The Balaban J connectivity index is 1.46. The zero-order valence-corrected chi connectivity index (χ0v) is 13.5. The van der Waals surface area contributed by atoms with Crippen molar-refractivity contribution in [1.29, 1.82) is 0 Å². The van der Waals surface area contributed by atoms with E-state index in [-0.39, 0.29) is 11.8 Å². The van der Waals surface area contributed by atoms with E-state index < -0.39 is 5.92 Å². The Kier molecular flexibility index (Phi) is 5.21. The lowest BCUT2D eigenvalue weighted by Gasteiger charge is -2.16. The Labute approximate surface area is 141 Å². The molecule has 1 saturated heterocycles. The highest BCUT2D eigenvalue weighted by Crippen LogP contribution is 2.24. The van der Waals surface area contributed by atoms with E-state index in [1.165, 1.54) is 5.56 Å². The van der Waals surface area contributed by atoms with Gasteiger partial charge in [0.1, 0.15) is 5.92 Å². The number of hydrogen-bond acceptors (Lipinski definition) is 3. The Hall–Kier alpha value is -2.69. The summed E-state index contributed by atoms with van der Waals surface area (Å²) in [6.07, 6.45) is 5.84. The van der Waals surface area contributed by atoms with Crippen LogP contribution in [-0.2, 0) is 16.0 Å². The van der Waals surface area contributed by atoms with Crippen LogP contribution < -0.4 is 10.2 Å². The van der Waals surface area contributed by atoms with E-state index in [1.54, 1.807) is 17.3 Å². The Morgan fingerprint density at radius 2 is 1.92 bits per heavy atom. The van der Waals surface area contributed by atoms with Gasteiger partial charge in [-0.1, -0.05) is 18.2 Å². The highest BCUT2D eigenvalue weighted by molar-refractivity contribution is 6.09. The van der Waals surface area contributed by atoms with Gasteiger partial charge in [0, 0.05) is 31.2 Å². The van der Waals surface area contributed by atoms with Crippen molar-refractivity contribution in [2.75, 3.05) is 18.0 Å². The third kappa shape index (κ3) is 3.79. The number of rotatable bonds is 6. The van der Waals surface area contributed by atoms with Gasteiger partial charge in [0.15, 0.2) is 0 Å². The number of aryl methyl sites for hydroxylation is 1. The van der Waals surface area contributed by atoms with Gasteiger partial charge in [0.05, 0.1) is 0 Å². The van der Waals surface area contributed by atoms with Gasteiger partial charge in [0.25, 0.3) is 0 Å². The molecule has 5 heteroatoms. The molecule has 5 nitrogen and oxygen atoms in total. The first-order valence-electron chi connectivity index (χ1n) is 8.29. The molecule has 0 spiro atoms. The summed E-state index contributed by atoms with van der Waals surface area (Å²) < 4.78 is 0. The first-order chi connectivity index (χ1) is 11.8. The number of carbonyl (C=O) groups is 2. The van der Waals surface area contributed by atoms with Crippen LogP contribution in [0.15, 0.2) is 54.9 Å². The molecule has 0 unspecified atom stereocenters. The zero-order chi connectivity index (χ0) is 16.8. The van der Waals surface area contributed by atoms with E-state index in [0.717, 1.165) is 18.5 Å². The molecule has 1 atom stereocenters. The predicted octanol–water partition coefficient (Wildman–Crippen LogP) is 2.18. The third-order valence-corrected chi connectivity index (χ3v) is 4.28. The van der Waals surface area contributed by atoms with Crippen LogP contribution in [0.5, 0.6) is 0 Å². The number of pyridine rings is 1. The molecule has 1 aromatic heterocycles. The monoisotopic (exact) mass is 323 g/mol. The van der Waals surface area contributed by atoms with Gasteiger partial charge in [-0.05, 0) is 49.1 Å². The van der Waals surface area contributed by atoms with Crippen LogP contribution in [-0.4, -0.2) is 29.9 Å². The molecule has 1 N–H and O–H groups in total. The molecule has 2 heterocycles. The molecule has 0 aliphatic carbocycles. The van der Waals surface area contributed by atoms with Crippen LogP contribution in [0.1, 0.15) is 18.4 Å². The Bertz CT molecular complexity index is 688. The number of nitrogens with one attached hydrogen (secondary N) is 1. The number of amides is 2. The number of para-hydroxylation sites is 1. The lowest BCUT2D eigenvalue weighted by atomic mass is 10.1. The van der Waals surface area contributed by atoms with Gasteiger partial charge >= 0.3 is 0 Å². The molecule has 1 fully saturated rings. The maximum atomic E-state index is 12.5. The standard InChI is InChI=1S/C19H21N3O2/c23-18(21-11-4-5-15-8-12-20-13-9-15)17-10-14-22(19(17)24)16-6-2-1-3-7-16/h1-3,6-9,12-13,17H,4-5,10-11,14H2,(H,21,23)/t17-/m0/s1. The van der Waals surface area contributed by atoms with Gasteiger partial charge in [-0.15, -0.1) is 0 Å². The van der Waals surface area contributed by atoms with Crippen molar-refractivity contribution >= 4 is 17.5 Å². The molecule has 3 rings (SSSR count). The molecular weight excluding hydrogens is 302 g/mol. The second-order valence-corrected chi connectivity index (χ2v) is 5.92. The SMILES string of the molecule is O=C(NCCCc1ccncc1)[C@@H]1CCN(c2ccccc2)C1=O. The van der Waals surface area contributed by atoms with E-state index in [2.05, 4.69) is 10.3 Å². The van der Waals surface area contributed by atoms with Gasteiger partial charge in [0.2, 0.25) is 11.8 Å². The number of anilines is 1. The summed E-state index contributed by atoms with van der Waals surface area (Å²) in [6, 6.07) is 13.4. The summed E-state index contributed by atoms with van der Waals surface area (Å²) in [4.78, 5) is 30.4. The molecule has 0 bridgehead atoms. The predicted molar refractivity (Wildman–Crippen MR) is 92.5 cm³/mol. The first kappa shape index (κ1) is 16.2.